The number of nitrogens with one attached hydrogen (secondary N) is 1. The van der Waals surface area contributed by atoms with Gasteiger partial charge in [0.2, 0.25) is 0 Å². The van der Waals surface area contributed by atoms with Gasteiger partial charge in [-0.15, -0.1) is 5.10 Å². The van der Waals surface area contributed by atoms with Gasteiger partial charge in [0.25, 0.3) is 0 Å². The number of hydrogen-bond acceptors (Lipinski definition) is 4. The maximum Gasteiger partial charge on any atom is 0.367 e. The van der Waals surface area contributed by atoms with Crippen LogP contribution in [0.2, 0.25) is 0 Å². The van der Waals surface area contributed by atoms with Crippen molar-refractivity contribution in [2.45, 2.75) is 0 Å². The predicted octanol–water partition coefficient (Wildman–Crippen LogP) is 0.378. The number of fused-ring (bicyclic) bond motifs is 1. The van der Waals surface area contributed by atoms with Crippen LogP contribution in [-0.2, 0) is 0 Å². The number of benzene rings is 1. The van der Waals surface area contributed by atoms with Gasteiger partial charge in [-0.2, -0.15) is 4.68 Å². The molecule has 0 unspecified atom stereocenters. The standard InChI is InChI=1S/C7H6N4O2/c12-7(9-13)11-6-4-2-1-3-5(6)8-10-11/h1-4,13H,(H,9,12). The van der Waals surface area contributed by atoms with Crippen LogP contribution in [0.1, 0.15) is 0 Å². The van der Waals surface area contributed by atoms with E-state index in [-0.39, 0.29) is 0 Å². The largest absolute Gasteiger partial charge is 0.367 e. The molecule has 0 saturated carbocycles. The van der Waals surface area contributed by atoms with E-state index in [1.807, 2.05) is 0 Å². The number of nitrogens with zero attached hydrogens (tertiary/aromatic N) is 3. The Morgan fingerprint density at radius 2 is 2.23 bits per heavy atom. The van der Waals surface area contributed by atoms with E-state index in [0.717, 1.165) is 4.68 Å². The quantitative estimate of drug-likeness (QED) is 0.451. The van der Waals surface area contributed by atoms with E-state index < -0.39 is 6.03 Å². The summed E-state index contributed by atoms with van der Waals surface area (Å²) >= 11 is 0. The van der Waals surface area contributed by atoms with Crippen molar-refractivity contribution in [1.82, 2.24) is 20.5 Å². The van der Waals surface area contributed by atoms with Crippen molar-refractivity contribution in [2.24, 2.45) is 0 Å². The molecule has 2 aromatic rings. The van der Waals surface area contributed by atoms with E-state index in [4.69, 9.17) is 5.21 Å². The van der Waals surface area contributed by atoms with Gasteiger partial charge < -0.3 is 0 Å². The van der Waals surface area contributed by atoms with Crippen LogP contribution < -0.4 is 5.48 Å². The highest BCUT2D eigenvalue weighted by atomic mass is 16.5. The van der Waals surface area contributed by atoms with Crippen LogP contribution in [0.15, 0.2) is 24.3 Å². The first kappa shape index (κ1) is 7.69. The van der Waals surface area contributed by atoms with Gasteiger partial charge in [-0.1, -0.05) is 17.3 Å². The topological polar surface area (TPSA) is 80.0 Å². The predicted molar refractivity (Wildman–Crippen MR) is 43.2 cm³/mol. The van der Waals surface area contributed by atoms with E-state index in [1.54, 1.807) is 24.3 Å². The number of amides is 1. The number of carbonyl (C=O) groups is 1. The van der Waals surface area contributed by atoms with Crippen LogP contribution >= 0.6 is 0 Å². The second-order valence-electron chi connectivity index (χ2n) is 2.41. The van der Waals surface area contributed by atoms with E-state index in [0.29, 0.717) is 11.0 Å². The first-order chi connectivity index (χ1) is 6.33. The summed E-state index contributed by atoms with van der Waals surface area (Å²) in [5.74, 6) is 0. The van der Waals surface area contributed by atoms with E-state index >= 15 is 0 Å². The number of hydrogen-bond donors (Lipinski definition) is 2. The van der Waals surface area contributed by atoms with Gasteiger partial charge in [-0.05, 0) is 12.1 Å². The Morgan fingerprint density at radius 3 is 3.00 bits per heavy atom. The lowest BCUT2D eigenvalue weighted by molar-refractivity contribution is 0.161. The number of hydroxylamine groups is 1. The van der Waals surface area contributed by atoms with Crippen molar-refractivity contribution < 1.29 is 10.0 Å². The first-order valence-electron chi connectivity index (χ1n) is 3.58. The molecule has 0 saturated heterocycles. The highest BCUT2D eigenvalue weighted by Crippen LogP contribution is 2.08. The molecule has 66 valence electrons. The Bertz CT molecular complexity index is 450. The summed E-state index contributed by atoms with van der Waals surface area (Å²) in [5, 5.41) is 15.7. The molecule has 0 aliphatic carbocycles. The molecule has 6 heteroatoms. The van der Waals surface area contributed by atoms with Crippen molar-refractivity contribution in [3.05, 3.63) is 24.3 Å². The second kappa shape index (κ2) is 2.83. The molecule has 2 rings (SSSR count). The molecular formula is C7H6N4O2. The Balaban J connectivity index is 2.64. The molecule has 1 aromatic heterocycles. The zero-order chi connectivity index (χ0) is 9.26. The average Bonchev–Trinajstić information content (AvgIpc) is 2.60. The Hall–Kier alpha value is -1.95. The summed E-state index contributed by atoms with van der Waals surface area (Å²) in [6.07, 6.45) is 0. The van der Waals surface area contributed by atoms with Crippen molar-refractivity contribution in [1.29, 1.82) is 0 Å². The molecular weight excluding hydrogens is 172 g/mol. The third kappa shape index (κ3) is 1.13. The molecule has 13 heavy (non-hydrogen) atoms. The van der Waals surface area contributed by atoms with Crippen LogP contribution in [0.25, 0.3) is 11.0 Å². The lowest BCUT2D eigenvalue weighted by Crippen LogP contribution is -2.25. The fourth-order valence-electron chi connectivity index (χ4n) is 1.07. The molecule has 0 spiro atoms. The third-order valence-electron chi connectivity index (χ3n) is 1.64. The maximum atomic E-state index is 11.0. The van der Waals surface area contributed by atoms with Gasteiger partial charge in [0.1, 0.15) is 5.52 Å². The summed E-state index contributed by atoms with van der Waals surface area (Å²) in [4.78, 5) is 11.0. The smallest absolute Gasteiger partial charge is 0.287 e. The molecule has 1 aromatic carbocycles. The minimum Gasteiger partial charge on any atom is -0.287 e. The van der Waals surface area contributed by atoms with Gasteiger partial charge in [-0.25, -0.2) is 10.3 Å². The number of carbonyl (C=O) groups excluding carboxylic acids is 1. The van der Waals surface area contributed by atoms with Gasteiger partial charge in [0, 0.05) is 0 Å². The highest BCUT2D eigenvalue weighted by Gasteiger charge is 2.09. The lowest BCUT2D eigenvalue weighted by Gasteiger charge is -1.96. The Labute approximate surface area is 72.7 Å². The van der Waals surface area contributed by atoms with Crippen molar-refractivity contribution >= 4 is 17.1 Å². The summed E-state index contributed by atoms with van der Waals surface area (Å²) in [5.41, 5.74) is 2.63. The van der Waals surface area contributed by atoms with Crippen molar-refractivity contribution in [3.8, 4) is 0 Å². The second-order valence-corrected chi connectivity index (χ2v) is 2.41. The van der Waals surface area contributed by atoms with Crippen LogP contribution in [0, 0.1) is 0 Å². The van der Waals surface area contributed by atoms with E-state index in [1.165, 1.54) is 5.48 Å². The first-order valence-corrected chi connectivity index (χ1v) is 3.58. The molecule has 0 fully saturated rings. The van der Waals surface area contributed by atoms with E-state index in [2.05, 4.69) is 10.3 Å². The Kier molecular flexibility index (Phi) is 1.67. The van der Waals surface area contributed by atoms with Gasteiger partial charge in [0.05, 0.1) is 5.52 Å². The molecule has 2 N–H and O–H groups in total. The summed E-state index contributed by atoms with van der Waals surface area (Å²) in [6.45, 7) is 0. The molecule has 0 aliphatic rings. The Morgan fingerprint density at radius 1 is 1.46 bits per heavy atom. The average molecular weight is 178 g/mol. The molecule has 6 nitrogen and oxygen atoms in total. The fourth-order valence-corrected chi connectivity index (χ4v) is 1.07. The monoisotopic (exact) mass is 178 g/mol. The number of para-hydroxylation sites is 1. The minimum absolute atomic E-state index is 0.550. The zero-order valence-corrected chi connectivity index (χ0v) is 6.51. The molecule has 0 aliphatic heterocycles. The van der Waals surface area contributed by atoms with E-state index in [9.17, 15) is 4.79 Å². The lowest BCUT2D eigenvalue weighted by atomic mass is 10.3. The van der Waals surface area contributed by atoms with Crippen LogP contribution in [0.3, 0.4) is 0 Å². The molecule has 1 amide bonds. The maximum absolute atomic E-state index is 11.0. The van der Waals surface area contributed by atoms with Crippen molar-refractivity contribution in [2.75, 3.05) is 0 Å². The van der Waals surface area contributed by atoms with Gasteiger partial charge >= 0.3 is 6.03 Å². The molecule has 0 atom stereocenters. The number of aromatic nitrogens is 3. The van der Waals surface area contributed by atoms with Crippen LogP contribution in [0.4, 0.5) is 4.79 Å². The summed E-state index contributed by atoms with van der Waals surface area (Å²) in [6, 6.07) is 6.23. The summed E-state index contributed by atoms with van der Waals surface area (Å²) < 4.78 is 0.981. The normalized spacial score (nSPS) is 10.2. The van der Waals surface area contributed by atoms with Crippen LogP contribution in [0.5, 0.6) is 0 Å². The SMILES string of the molecule is O=C(NO)n1nnc2ccccc21. The van der Waals surface area contributed by atoms with Crippen LogP contribution in [-0.4, -0.2) is 26.2 Å². The van der Waals surface area contributed by atoms with Gasteiger partial charge in [-0.3, -0.25) is 5.21 Å². The molecule has 0 radical (unpaired) electrons. The summed E-state index contributed by atoms with van der Waals surface area (Å²) in [7, 11) is 0. The molecule has 1 heterocycles. The van der Waals surface area contributed by atoms with Crippen molar-refractivity contribution in [3.63, 3.8) is 0 Å². The van der Waals surface area contributed by atoms with Gasteiger partial charge in [0.15, 0.2) is 0 Å². The third-order valence-corrected chi connectivity index (χ3v) is 1.64. The molecule has 0 bridgehead atoms. The fraction of sp³-hybridized carbons (Fsp3) is 0. The minimum atomic E-state index is -0.728. The zero-order valence-electron chi connectivity index (χ0n) is 6.51. The number of rotatable bonds is 0. The highest BCUT2D eigenvalue weighted by molar-refractivity contribution is 5.86.